The molecule has 3 aromatic heterocycles. The maximum absolute atomic E-state index is 13.0. The molecule has 12 heteroatoms. The maximum atomic E-state index is 13.0. The van der Waals surface area contributed by atoms with Crippen molar-refractivity contribution in [3.8, 4) is 5.69 Å². The van der Waals surface area contributed by atoms with Crippen LogP contribution >= 0.6 is 0 Å². The highest BCUT2D eigenvalue weighted by Gasteiger charge is 2.48. The molecule has 9 nitrogen and oxygen atoms in total. The average molecular weight is 514 g/mol. The predicted octanol–water partition coefficient (Wildman–Crippen LogP) is 3.06. The smallest absolute Gasteiger partial charge is 0.333 e. The maximum Gasteiger partial charge on any atom is 0.333 e. The standard InChI is InChI=1S/C24H29F2N7O2Si/c1-14-20(36-2)24(13-35-14)5-7-31(8-6-24)21-19(12-34)29-22-18(28-21)10-27-33(22)16-4-3-15-11-32(23(25)26)30-17(15)9-16/h3-4,9-11,14,20,23,34H,5-8,12-13,36H2,1-2H3/t14-,20?/m0/s1. The minimum Gasteiger partial charge on any atom is -0.390 e. The lowest BCUT2D eigenvalue weighted by atomic mass is 9.76. The first-order chi connectivity index (χ1) is 17.4. The molecule has 1 N–H and O–H groups in total. The third-order valence-corrected chi connectivity index (χ3v) is 10.4. The number of piperidine rings is 1. The Morgan fingerprint density at radius 3 is 2.75 bits per heavy atom. The molecule has 0 amide bonds. The molecule has 190 valence electrons. The van der Waals surface area contributed by atoms with Crippen molar-refractivity contribution in [2.24, 2.45) is 5.41 Å². The average Bonchev–Trinajstić information content (AvgIpc) is 3.58. The molecule has 0 aliphatic carbocycles. The minimum absolute atomic E-state index is 0.183. The topological polar surface area (TPSA) is 94.1 Å². The summed E-state index contributed by atoms with van der Waals surface area (Å²) in [6, 6.07) is 5.20. The van der Waals surface area contributed by atoms with E-state index < -0.39 is 6.55 Å². The summed E-state index contributed by atoms with van der Waals surface area (Å²) in [5.41, 5.74) is 3.65. The van der Waals surface area contributed by atoms with E-state index >= 15 is 0 Å². The van der Waals surface area contributed by atoms with Crippen LogP contribution in [0.4, 0.5) is 14.6 Å². The highest BCUT2D eigenvalue weighted by atomic mass is 28.2. The number of alkyl halides is 2. The largest absolute Gasteiger partial charge is 0.390 e. The Hall–Kier alpha value is -2.96. The first-order valence-electron chi connectivity index (χ1n) is 12.4. The number of halogens is 2. The van der Waals surface area contributed by atoms with Gasteiger partial charge in [0.05, 0.1) is 36.7 Å². The fraction of sp³-hybridized carbons (Fsp3) is 0.500. The molecule has 0 saturated carbocycles. The van der Waals surface area contributed by atoms with Gasteiger partial charge >= 0.3 is 6.55 Å². The summed E-state index contributed by atoms with van der Waals surface area (Å²) in [6.45, 7) is 4.20. The molecule has 36 heavy (non-hydrogen) atoms. The number of aliphatic hydroxyl groups excluding tert-OH is 1. The van der Waals surface area contributed by atoms with Crippen LogP contribution in [-0.4, -0.2) is 70.0 Å². The highest BCUT2D eigenvalue weighted by molar-refractivity contribution is 6.36. The molecular weight excluding hydrogens is 484 g/mol. The molecule has 0 bridgehead atoms. The fourth-order valence-corrected chi connectivity index (χ4v) is 8.33. The van der Waals surface area contributed by atoms with Crippen molar-refractivity contribution in [3.63, 3.8) is 0 Å². The third-order valence-electron chi connectivity index (χ3n) is 8.04. The monoisotopic (exact) mass is 513 g/mol. The lowest BCUT2D eigenvalue weighted by Crippen LogP contribution is -2.44. The van der Waals surface area contributed by atoms with Crippen molar-refractivity contribution in [3.05, 3.63) is 36.3 Å². The van der Waals surface area contributed by atoms with Gasteiger partial charge in [-0.2, -0.15) is 19.0 Å². The van der Waals surface area contributed by atoms with Gasteiger partial charge in [-0.3, -0.25) is 0 Å². The molecule has 0 radical (unpaired) electrons. The van der Waals surface area contributed by atoms with Crippen LogP contribution in [0.1, 0.15) is 32.0 Å². The summed E-state index contributed by atoms with van der Waals surface area (Å²) in [7, 11) is -0.183. The molecule has 6 rings (SSSR count). The van der Waals surface area contributed by atoms with E-state index in [2.05, 4.69) is 28.6 Å². The Morgan fingerprint density at radius 1 is 1.22 bits per heavy atom. The highest BCUT2D eigenvalue weighted by Crippen LogP contribution is 2.50. The molecule has 2 aliphatic heterocycles. The Balaban J connectivity index is 1.31. The van der Waals surface area contributed by atoms with Gasteiger partial charge in [-0.1, -0.05) is 6.55 Å². The number of rotatable bonds is 5. The van der Waals surface area contributed by atoms with Crippen LogP contribution in [0.3, 0.4) is 0 Å². The van der Waals surface area contributed by atoms with Gasteiger partial charge in [0.1, 0.15) is 11.2 Å². The van der Waals surface area contributed by atoms with Crippen molar-refractivity contribution >= 4 is 37.4 Å². The van der Waals surface area contributed by atoms with Crippen LogP contribution in [0.25, 0.3) is 27.8 Å². The number of ether oxygens (including phenoxy) is 1. The molecule has 2 atom stereocenters. The number of fused-ring (bicyclic) bond motifs is 2. The Labute approximate surface area is 208 Å². The van der Waals surface area contributed by atoms with Crippen molar-refractivity contribution in [2.45, 2.75) is 51.1 Å². The number of hydrogen-bond donors (Lipinski definition) is 1. The zero-order valence-corrected chi connectivity index (χ0v) is 21.7. The molecule has 4 aromatic rings. The van der Waals surface area contributed by atoms with Crippen LogP contribution < -0.4 is 4.90 Å². The first kappa shape index (κ1) is 23.4. The molecule has 2 aliphatic rings. The summed E-state index contributed by atoms with van der Waals surface area (Å²) in [5.74, 6) is 0.697. The van der Waals surface area contributed by atoms with E-state index in [4.69, 9.17) is 14.7 Å². The zero-order chi connectivity index (χ0) is 25.0. The normalized spacial score (nSPS) is 22.3. The minimum atomic E-state index is -2.70. The Bertz CT molecular complexity index is 1420. The second-order valence-electron chi connectivity index (χ2n) is 9.93. The van der Waals surface area contributed by atoms with Crippen LogP contribution in [0, 0.1) is 5.41 Å². The van der Waals surface area contributed by atoms with E-state index in [9.17, 15) is 13.9 Å². The quantitative estimate of drug-likeness (QED) is 0.410. The van der Waals surface area contributed by atoms with Gasteiger partial charge in [0, 0.05) is 34.2 Å². The van der Waals surface area contributed by atoms with Crippen LogP contribution in [0.5, 0.6) is 0 Å². The lowest BCUT2D eigenvalue weighted by molar-refractivity contribution is 0.0574. The van der Waals surface area contributed by atoms with Crippen molar-refractivity contribution in [1.29, 1.82) is 0 Å². The van der Waals surface area contributed by atoms with E-state index in [1.807, 2.05) is 0 Å². The number of anilines is 1. The Morgan fingerprint density at radius 2 is 2.03 bits per heavy atom. The molecule has 1 spiro atoms. The summed E-state index contributed by atoms with van der Waals surface area (Å²) < 4.78 is 34.4. The van der Waals surface area contributed by atoms with Gasteiger partial charge in [0.2, 0.25) is 0 Å². The summed E-state index contributed by atoms with van der Waals surface area (Å²) in [5, 5.41) is 19.2. The van der Waals surface area contributed by atoms with Crippen molar-refractivity contribution < 1.29 is 18.6 Å². The number of aromatic nitrogens is 6. The van der Waals surface area contributed by atoms with Crippen LogP contribution in [-0.2, 0) is 11.3 Å². The summed E-state index contributed by atoms with van der Waals surface area (Å²) >= 11 is 0. The van der Waals surface area contributed by atoms with E-state index in [-0.39, 0.29) is 21.5 Å². The molecular formula is C24H29F2N7O2Si. The predicted molar refractivity (Wildman–Crippen MR) is 135 cm³/mol. The Kier molecular flexibility index (Phi) is 5.76. The van der Waals surface area contributed by atoms with Gasteiger partial charge in [0.25, 0.3) is 0 Å². The number of benzene rings is 1. The molecule has 5 heterocycles. The molecule has 2 fully saturated rings. The SMILES string of the molecule is C[SiH2]C1[C@H](C)OCC12CCN(c1nc3cnn(-c4ccc5cn(C(F)F)nc5c4)c3nc1CO)CC2. The summed E-state index contributed by atoms with van der Waals surface area (Å²) in [4.78, 5) is 11.8. The van der Waals surface area contributed by atoms with E-state index in [1.54, 1.807) is 29.1 Å². The van der Waals surface area contributed by atoms with Gasteiger partial charge in [0.15, 0.2) is 11.5 Å². The second-order valence-corrected chi connectivity index (χ2v) is 11.6. The zero-order valence-electron chi connectivity index (χ0n) is 20.3. The van der Waals surface area contributed by atoms with Crippen LogP contribution in [0.2, 0.25) is 12.1 Å². The number of hydrogen-bond acceptors (Lipinski definition) is 7. The fourth-order valence-electron chi connectivity index (χ4n) is 6.14. The van der Waals surface area contributed by atoms with Gasteiger partial charge in [-0.05, 0) is 48.9 Å². The number of aliphatic hydroxyl groups is 1. The summed E-state index contributed by atoms with van der Waals surface area (Å²) in [6.07, 6.45) is 5.42. The lowest BCUT2D eigenvalue weighted by Gasteiger charge is -2.43. The first-order valence-corrected chi connectivity index (χ1v) is 14.6. The van der Waals surface area contributed by atoms with Gasteiger partial charge < -0.3 is 14.7 Å². The third kappa shape index (κ3) is 3.70. The van der Waals surface area contributed by atoms with Gasteiger partial charge in [-0.25, -0.2) is 19.3 Å². The van der Waals surface area contributed by atoms with Crippen LogP contribution in [0.15, 0.2) is 30.6 Å². The van der Waals surface area contributed by atoms with Gasteiger partial charge in [-0.15, -0.1) is 0 Å². The van der Waals surface area contributed by atoms with E-state index in [1.165, 1.54) is 6.20 Å². The molecule has 2 saturated heterocycles. The number of nitrogens with zero attached hydrogens (tertiary/aromatic N) is 7. The second kappa shape index (κ2) is 8.85. The van der Waals surface area contributed by atoms with Crippen molar-refractivity contribution in [1.82, 2.24) is 29.5 Å². The molecule has 1 unspecified atom stereocenters. The van der Waals surface area contributed by atoms with E-state index in [0.29, 0.717) is 55.6 Å². The van der Waals surface area contributed by atoms with E-state index in [0.717, 1.165) is 32.5 Å². The molecule has 1 aromatic carbocycles. The van der Waals surface area contributed by atoms with Crippen molar-refractivity contribution in [2.75, 3.05) is 24.6 Å².